The number of aryl methyl sites for hydroxylation is 1. The number of anilines is 1. The lowest BCUT2D eigenvalue weighted by atomic mass is 10.0. The van der Waals surface area contributed by atoms with Crippen molar-refractivity contribution in [2.24, 2.45) is 0 Å². The van der Waals surface area contributed by atoms with Crippen LogP contribution in [0, 0.1) is 0 Å². The number of halogens is 1. The van der Waals surface area contributed by atoms with E-state index in [4.69, 9.17) is 16.0 Å². The van der Waals surface area contributed by atoms with Crippen molar-refractivity contribution in [3.05, 3.63) is 57.5 Å². The summed E-state index contributed by atoms with van der Waals surface area (Å²) in [6.45, 7) is 6.31. The summed E-state index contributed by atoms with van der Waals surface area (Å²) >= 11 is 6.18. The molecule has 0 aliphatic rings. The molecule has 2 aromatic carbocycles. The molecule has 26 heavy (non-hydrogen) atoms. The van der Waals surface area contributed by atoms with E-state index in [9.17, 15) is 13.2 Å². The van der Waals surface area contributed by atoms with Gasteiger partial charge >= 0.3 is 5.76 Å². The quantitative estimate of drug-likeness (QED) is 0.703. The molecule has 0 aliphatic heterocycles. The van der Waals surface area contributed by atoms with Crippen molar-refractivity contribution in [3.8, 4) is 0 Å². The number of benzene rings is 2. The van der Waals surface area contributed by atoms with E-state index in [1.165, 1.54) is 16.7 Å². The molecule has 0 aliphatic carbocycles. The summed E-state index contributed by atoms with van der Waals surface area (Å²) < 4.78 is 34.5. The number of sulfonamides is 1. The van der Waals surface area contributed by atoms with E-state index in [0.29, 0.717) is 23.7 Å². The van der Waals surface area contributed by atoms with Gasteiger partial charge in [0.15, 0.2) is 5.58 Å². The van der Waals surface area contributed by atoms with E-state index in [-0.39, 0.29) is 15.5 Å². The third-order valence-electron chi connectivity index (χ3n) is 4.16. The van der Waals surface area contributed by atoms with Crippen molar-refractivity contribution in [3.63, 3.8) is 0 Å². The minimum Gasteiger partial charge on any atom is -0.408 e. The fourth-order valence-corrected chi connectivity index (χ4v) is 4.31. The van der Waals surface area contributed by atoms with Gasteiger partial charge in [0.1, 0.15) is 4.90 Å². The molecule has 8 heteroatoms. The van der Waals surface area contributed by atoms with Crippen molar-refractivity contribution in [2.45, 2.75) is 38.1 Å². The summed E-state index contributed by atoms with van der Waals surface area (Å²) in [6.07, 6.45) is 0. The minimum absolute atomic E-state index is 0.0202. The van der Waals surface area contributed by atoms with Crippen molar-refractivity contribution >= 4 is 38.4 Å². The molecular formula is C18H19ClN2O4S. The Morgan fingerprint density at radius 2 is 1.85 bits per heavy atom. The van der Waals surface area contributed by atoms with Crippen LogP contribution in [0.2, 0.25) is 5.02 Å². The van der Waals surface area contributed by atoms with E-state index in [1.54, 1.807) is 19.1 Å². The molecule has 138 valence electrons. The lowest BCUT2D eigenvalue weighted by molar-refractivity contribution is 0.512. The highest BCUT2D eigenvalue weighted by atomic mass is 35.5. The monoisotopic (exact) mass is 394 g/mol. The third-order valence-corrected chi connectivity index (χ3v) is 6.00. The van der Waals surface area contributed by atoms with Crippen LogP contribution in [0.1, 0.15) is 32.3 Å². The number of oxazole rings is 1. The highest BCUT2D eigenvalue weighted by Gasteiger charge is 2.22. The largest absolute Gasteiger partial charge is 0.419 e. The molecule has 3 rings (SSSR count). The molecule has 0 spiro atoms. The van der Waals surface area contributed by atoms with Gasteiger partial charge in [-0.3, -0.25) is 9.29 Å². The molecule has 1 aromatic heterocycles. The normalized spacial score (nSPS) is 12.0. The summed E-state index contributed by atoms with van der Waals surface area (Å²) in [6, 6.07) is 9.85. The van der Waals surface area contributed by atoms with Gasteiger partial charge in [-0.05, 0) is 36.6 Å². The first kappa shape index (κ1) is 18.5. The summed E-state index contributed by atoms with van der Waals surface area (Å²) in [5, 5.41) is 0.0202. The average Bonchev–Trinajstić information content (AvgIpc) is 2.88. The fraction of sp³-hybridized carbons (Fsp3) is 0.278. The topological polar surface area (TPSA) is 81.3 Å². The first-order valence-electron chi connectivity index (χ1n) is 8.18. The summed E-state index contributed by atoms with van der Waals surface area (Å²) in [5.74, 6) is -0.201. The molecule has 0 saturated carbocycles. The van der Waals surface area contributed by atoms with Crippen LogP contribution in [0.4, 0.5) is 5.69 Å². The van der Waals surface area contributed by atoms with Gasteiger partial charge in [-0.2, -0.15) is 0 Å². The number of hydrogen-bond acceptors (Lipinski definition) is 4. The Bertz CT molecular complexity index is 1110. The molecule has 1 heterocycles. The predicted octanol–water partition coefficient (Wildman–Crippen LogP) is 4.19. The Balaban J connectivity index is 2.01. The van der Waals surface area contributed by atoms with Gasteiger partial charge in [0.25, 0.3) is 10.0 Å². The lowest BCUT2D eigenvalue weighted by Crippen LogP contribution is -2.14. The zero-order valence-electron chi connectivity index (χ0n) is 14.6. The molecule has 3 aromatic rings. The first-order chi connectivity index (χ1) is 12.2. The summed E-state index contributed by atoms with van der Waals surface area (Å²) in [7, 11) is -3.93. The van der Waals surface area contributed by atoms with Crippen LogP contribution in [0.3, 0.4) is 0 Å². The molecule has 0 amide bonds. The highest BCUT2D eigenvalue weighted by molar-refractivity contribution is 7.92. The fourth-order valence-electron chi connectivity index (χ4n) is 2.72. The van der Waals surface area contributed by atoms with Gasteiger partial charge in [0.2, 0.25) is 0 Å². The molecule has 0 saturated heterocycles. The Labute approximate surface area is 156 Å². The maximum atomic E-state index is 12.7. The number of fused-ring (bicyclic) bond motifs is 1. The second kappa shape index (κ2) is 6.81. The maximum absolute atomic E-state index is 12.7. The van der Waals surface area contributed by atoms with Gasteiger partial charge in [-0.15, -0.1) is 0 Å². The van der Waals surface area contributed by atoms with Gasteiger partial charge in [0.05, 0.1) is 10.5 Å². The molecule has 1 N–H and O–H groups in total. The standard InChI is InChI=1S/C18H19ClN2O4S/c1-4-21-15-9-14(19)17(10-16(15)25-18(21)22)26(23,24)20-13-7-5-12(6-8-13)11(2)3/h5-11,20H,4H2,1-3H3. The Morgan fingerprint density at radius 1 is 1.19 bits per heavy atom. The third kappa shape index (κ3) is 3.37. The van der Waals surface area contributed by atoms with Crippen molar-refractivity contribution < 1.29 is 12.8 Å². The number of rotatable bonds is 5. The molecule has 0 radical (unpaired) electrons. The van der Waals surface area contributed by atoms with Crippen LogP contribution < -0.4 is 10.5 Å². The Kier molecular flexibility index (Phi) is 4.86. The van der Waals surface area contributed by atoms with Gasteiger partial charge in [-0.1, -0.05) is 37.6 Å². The molecular weight excluding hydrogens is 376 g/mol. The van der Waals surface area contributed by atoms with Crippen LogP contribution in [-0.4, -0.2) is 13.0 Å². The van der Waals surface area contributed by atoms with Crippen LogP contribution in [0.15, 0.2) is 50.5 Å². The molecule has 0 atom stereocenters. The molecule has 0 bridgehead atoms. The van der Waals surface area contributed by atoms with E-state index in [0.717, 1.165) is 5.56 Å². The van der Waals surface area contributed by atoms with E-state index in [2.05, 4.69) is 18.6 Å². The van der Waals surface area contributed by atoms with Gasteiger partial charge in [-0.25, -0.2) is 13.2 Å². The second-order valence-electron chi connectivity index (χ2n) is 6.24. The van der Waals surface area contributed by atoms with E-state index >= 15 is 0 Å². The van der Waals surface area contributed by atoms with Crippen molar-refractivity contribution in [1.82, 2.24) is 4.57 Å². The van der Waals surface area contributed by atoms with Crippen LogP contribution in [0.5, 0.6) is 0 Å². The predicted molar refractivity (Wildman–Crippen MR) is 102 cm³/mol. The van der Waals surface area contributed by atoms with Gasteiger partial charge in [0, 0.05) is 18.3 Å². The SMILES string of the molecule is CCn1c(=O)oc2cc(S(=O)(=O)Nc3ccc(C(C)C)cc3)c(Cl)cc21. The first-order valence-corrected chi connectivity index (χ1v) is 10.0. The van der Waals surface area contributed by atoms with Crippen molar-refractivity contribution in [2.75, 3.05) is 4.72 Å². The molecule has 6 nitrogen and oxygen atoms in total. The highest BCUT2D eigenvalue weighted by Crippen LogP contribution is 2.29. The summed E-state index contributed by atoms with van der Waals surface area (Å²) in [4.78, 5) is 11.7. The second-order valence-corrected chi connectivity index (χ2v) is 8.30. The number of nitrogens with zero attached hydrogens (tertiary/aromatic N) is 1. The van der Waals surface area contributed by atoms with E-state index < -0.39 is 15.8 Å². The van der Waals surface area contributed by atoms with Crippen LogP contribution in [0.25, 0.3) is 11.1 Å². The number of hydrogen-bond donors (Lipinski definition) is 1. The van der Waals surface area contributed by atoms with Crippen LogP contribution in [-0.2, 0) is 16.6 Å². The Hall–Kier alpha value is -2.25. The Morgan fingerprint density at radius 3 is 2.42 bits per heavy atom. The zero-order valence-corrected chi connectivity index (χ0v) is 16.2. The zero-order chi connectivity index (χ0) is 19.1. The van der Waals surface area contributed by atoms with Crippen molar-refractivity contribution in [1.29, 1.82) is 0 Å². The minimum atomic E-state index is -3.93. The number of nitrogens with one attached hydrogen (secondary N) is 1. The molecule has 0 unspecified atom stereocenters. The molecule has 0 fully saturated rings. The van der Waals surface area contributed by atoms with Crippen LogP contribution >= 0.6 is 11.6 Å². The lowest BCUT2D eigenvalue weighted by Gasteiger charge is -2.11. The van der Waals surface area contributed by atoms with Gasteiger partial charge < -0.3 is 4.42 Å². The number of aromatic nitrogens is 1. The summed E-state index contributed by atoms with van der Waals surface area (Å²) in [5.41, 5.74) is 2.17. The smallest absolute Gasteiger partial charge is 0.408 e. The average molecular weight is 395 g/mol. The maximum Gasteiger partial charge on any atom is 0.419 e. The van der Waals surface area contributed by atoms with E-state index in [1.807, 2.05) is 12.1 Å².